The Balaban J connectivity index is 2.42. The van der Waals surface area contributed by atoms with Crippen LogP contribution in [0, 0.1) is 17.1 Å². The van der Waals surface area contributed by atoms with Gasteiger partial charge in [-0.25, -0.2) is 4.39 Å². The van der Waals surface area contributed by atoms with E-state index in [0.29, 0.717) is 16.7 Å². The highest BCUT2D eigenvalue weighted by atomic mass is 19.1. The first-order chi connectivity index (χ1) is 8.26. The van der Waals surface area contributed by atoms with Crippen molar-refractivity contribution in [1.82, 2.24) is 0 Å². The molecule has 0 spiro atoms. The molecule has 0 unspecified atom stereocenters. The molecule has 4 heteroatoms. The Labute approximate surface area is 99.1 Å². The molecular formula is C13H12FN3. The number of rotatable bonds is 2. The Morgan fingerprint density at radius 2 is 2.35 bits per heavy atom. The summed E-state index contributed by atoms with van der Waals surface area (Å²) in [6.07, 6.45) is 3.18. The molecule has 0 saturated carbocycles. The summed E-state index contributed by atoms with van der Waals surface area (Å²) in [4.78, 5) is 4.30. The van der Waals surface area contributed by atoms with Crippen molar-refractivity contribution in [3.63, 3.8) is 0 Å². The van der Waals surface area contributed by atoms with Crippen LogP contribution in [0.2, 0.25) is 0 Å². The Kier molecular flexibility index (Phi) is 3.20. The third kappa shape index (κ3) is 2.18. The number of nitrogens with zero attached hydrogens (tertiary/aromatic N) is 2. The molecule has 1 aromatic rings. The van der Waals surface area contributed by atoms with Crippen molar-refractivity contribution >= 4 is 11.3 Å². The lowest BCUT2D eigenvalue weighted by molar-refractivity contribution is 0.624. The van der Waals surface area contributed by atoms with E-state index in [1.54, 1.807) is 12.1 Å². The lowest BCUT2D eigenvalue weighted by Crippen LogP contribution is -2.03. The zero-order chi connectivity index (χ0) is 12.3. The Morgan fingerprint density at radius 1 is 1.53 bits per heavy atom. The minimum absolute atomic E-state index is 0.302. The van der Waals surface area contributed by atoms with Gasteiger partial charge in [0.2, 0.25) is 0 Å². The van der Waals surface area contributed by atoms with Crippen LogP contribution in [0.5, 0.6) is 0 Å². The molecule has 0 saturated heterocycles. The van der Waals surface area contributed by atoms with Crippen LogP contribution in [0.3, 0.4) is 0 Å². The average Bonchev–Trinajstić information content (AvgIpc) is 2.85. The van der Waals surface area contributed by atoms with Gasteiger partial charge in [0, 0.05) is 29.6 Å². The fraction of sp³-hybridized carbons (Fsp3) is 0.231. The molecule has 0 aliphatic carbocycles. The highest BCUT2D eigenvalue weighted by Crippen LogP contribution is 2.24. The zero-order valence-electron chi connectivity index (χ0n) is 9.28. The van der Waals surface area contributed by atoms with E-state index < -0.39 is 5.82 Å². The van der Waals surface area contributed by atoms with Crippen molar-refractivity contribution in [1.29, 1.82) is 5.26 Å². The normalized spacial score (nSPS) is 15.5. The van der Waals surface area contributed by atoms with Gasteiger partial charge < -0.3 is 5.73 Å². The smallest absolute Gasteiger partial charge is 0.132 e. The van der Waals surface area contributed by atoms with Crippen molar-refractivity contribution in [2.24, 2.45) is 10.7 Å². The molecule has 1 heterocycles. The van der Waals surface area contributed by atoms with Crippen molar-refractivity contribution < 1.29 is 4.39 Å². The summed E-state index contributed by atoms with van der Waals surface area (Å²) in [5, 5.41) is 8.68. The van der Waals surface area contributed by atoms with E-state index in [9.17, 15) is 4.39 Å². The lowest BCUT2D eigenvalue weighted by Gasteiger charge is -2.08. The maximum absolute atomic E-state index is 13.8. The molecule has 17 heavy (non-hydrogen) atoms. The third-order valence-corrected chi connectivity index (χ3v) is 2.74. The van der Waals surface area contributed by atoms with Gasteiger partial charge in [-0.15, -0.1) is 0 Å². The molecule has 2 rings (SSSR count). The molecule has 0 bridgehead atoms. The van der Waals surface area contributed by atoms with E-state index in [4.69, 9.17) is 11.0 Å². The van der Waals surface area contributed by atoms with Crippen molar-refractivity contribution in [3.05, 3.63) is 41.3 Å². The first kappa shape index (κ1) is 11.3. The summed E-state index contributed by atoms with van der Waals surface area (Å²) >= 11 is 0. The van der Waals surface area contributed by atoms with Crippen LogP contribution in [0.25, 0.3) is 5.57 Å². The lowest BCUT2D eigenvalue weighted by atomic mass is 9.98. The Morgan fingerprint density at radius 3 is 2.88 bits per heavy atom. The van der Waals surface area contributed by atoms with Gasteiger partial charge in [0.1, 0.15) is 5.82 Å². The Bertz CT molecular complexity index is 538. The summed E-state index contributed by atoms with van der Waals surface area (Å²) in [5.41, 5.74) is 7.73. The van der Waals surface area contributed by atoms with E-state index in [2.05, 4.69) is 4.99 Å². The second kappa shape index (κ2) is 4.79. The van der Waals surface area contributed by atoms with Crippen molar-refractivity contribution in [2.75, 3.05) is 6.54 Å². The molecule has 0 atom stereocenters. The highest BCUT2D eigenvalue weighted by Gasteiger charge is 2.16. The van der Waals surface area contributed by atoms with Crippen LogP contribution < -0.4 is 5.73 Å². The van der Waals surface area contributed by atoms with Gasteiger partial charge in [0.05, 0.1) is 11.6 Å². The van der Waals surface area contributed by atoms with Crippen LogP contribution in [0.1, 0.15) is 24.0 Å². The van der Waals surface area contributed by atoms with Crippen molar-refractivity contribution in [3.8, 4) is 6.07 Å². The zero-order valence-corrected chi connectivity index (χ0v) is 9.28. The average molecular weight is 229 g/mol. The molecule has 0 aromatic heterocycles. The third-order valence-electron chi connectivity index (χ3n) is 2.74. The van der Waals surface area contributed by atoms with Crippen LogP contribution in [-0.2, 0) is 0 Å². The maximum atomic E-state index is 13.8. The second-order valence-electron chi connectivity index (χ2n) is 3.82. The predicted molar refractivity (Wildman–Crippen MR) is 64.8 cm³/mol. The van der Waals surface area contributed by atoms with E-state index in [0.717, 1.165) is 25.1 Å². The number of nitriles is 1. The van der Waals surface area contributed by atoms with E-state index in [-0.39, 0.29) is 0 Å². The molecule has 0 radical (unpaired) electrons. The van der Waals surface area contributed by atoms with Gasteiger partial charge in [-0.05, 0) is 25.0 Å². The summed E-state index contributed by atoms with van der Waals surface area (Å²) < 4.78 is 13.8. The monoisotopic (exact) mass is 229 g/mol. The van der Waals surface area contributed by atoms with Gasteiger partial charge in [-0.3, -0.25) is 4.99 Å². The van der Waals surface area contributed by atoms with Gasteiger partial charge in [0.25, 0.3) is 0 Å². The molecule has 0 fully saturated rings. The van der Waals surface area contributed by atoms with E-state index >= 15 is 0 Å². The van der Waals surface area contributed by atoms with E-state index in [1.165, 1.54) is 12.3 Å². The Hall–Kier alpha value is -2.15. The molecule has 0 amide bonds. The molecule has 3 nitrogen and oxygen atoms in total. The molecule has 1 aliphatic heterocycles. The number of aliphatic imine (C=N–C) groups is 1. The molecule has 86 valence electrons. The van der Waals surface area contributed by atoms with Gasteiger partial charge in [-0.1, -0.05) is 6.07 Å². The van der Waals surface area contributed by atoms with Crippen molar-refractivity contribution in [2.45, 2.75) is 12.8 Å². The number of halogens is 1. The molecular weight excluding hydrogens is 217 g/mol. The first-order valence-electron chi connectivity index (χ1n) is 5.42. The van der Waals surface area contributed by atoms with Gasteiger partial charge >= 0.3 is 0 Å². The highest BCUT2D eigenvalue weighted by molar-refractivity contribution is 6.24. The minimum Gasteiger partial charge on any atom is -0.404 e. The van der Waals surface area contributed by atoms with Crippen LogP contribution >= 0.6 is 0 Å². The number of hydrogen-bond donors (Lipinski definition) is 1. The summed E-state index contributed by atoms with van der Waals surface area (Å²) in [6, 6.07) is 6.27. The number of benzene rings is 1. The van der Waals surface area contributed by atoms with Gasteiger partial charge in [-0.2, -0.15) is 5.26 Å². The fourth-order valence-electron chi connectivity index (χ4n) is 1.90. The minimum atomic E-state index is -0.435. The van der Waals surface area contributed by atoms with Crippen LogP contribution in [0.15, 0.2) is 29.4 Å². The fourth-order valence-corrected chi connectivity index (χ4v) is 1.90. The number of allylic oxidation sites excluding steroid dienone is 1. The predicted octanol–water partition coefficient (Wildman–Crippen LogP) is 2.23. The van der Waals surface area contributed by atoms with Crippen LogP contribution in [-0.4, -0.2) is 12.3 Å². The van der Waals surface area contributed by atoms with Crippen LogP contribution in [0.4, 0.5) is 4.39 Å². The number of hydrogen-bond acceptors (Lipinski definition) is 3. The molecule has 1 aliphatic rings. The summed E-state index contributed by atoms with van der Waals surface area (Å²) in [7, 11) is 0. The molecule has 1 aromatic carbocycles. The second-order valence-corrected chi connectivity index (χ2v) is 3.82. The van der Waals surface area contributed by atoms with E-state index in [1.807, 2.05) is 6.07 Å². The number of nitrogens with two attached hydrogens (primary N) is 1. The largest absolute Gasteiger partial charge is 0.404 e. The topological polar surface area (TPSA) is 62.2 Å². The standard InChI is InChI=1S/C13H12FN3/c14-12-6-9(7-15)3-4-10(12)11(8-16)13-2-1-5-17-13/h3-4,6,8H,1-2,5,16H2. The SMILES string of the molecule is N#Cc1ccc(C(=CN)C2=NCCC2)c(F)c1. The maximum Gasteiger partial charge on any atom is 0.132 e. The van der Waals surface area contributed by atoms with Gasteiger partial charge in [0.15, 0.2) is 0 Å². The molecule has 2 N–H and O–H groups in total. The quantitative estimate of drug-likeness (QED) is 0.845. The summed E-state index contributed by atoms with van der Waals surface area (Å²) in [6.45, 7) is 0.768. The first-order valence-corrected chi connectivity index (χ1v) is 5.42. The summed E-state index contributed by atoms with van der Waals surface area (Å²) in [5.74, 6) is -0.435.